The Kier molecular flexibility index (Phi) is 5.03. The highest BCUT2D eigenvalue weighted by molar-refractivity contribution is 6.33. The Morgan fingerprint density at radius 2 is 1.86 bits per heavy atom. The van der Waals surface area contributed by atoms with Crippen molar-refractivity contribution >= 4 is 17.5 Å². The summed E-state index contributed by atoms with van der Waals surface area (Å²) in [4.78, 5) is 11.0. The van der Waals surface area contributed by atoms with Gasteiger partial charge in [-0.05, 0) is 43.0 Å². The van der Waals surface area contributed by atoms with Crippen molar-refractivity contribution in [3.05, 3.63) is 58.6 Å². The van der Waals surface area contributed by atoms with E-state index < -0.39 is 0 Å². The molecule has 0 saturated heterocycles. The molecule has 1 N–H and O–H groups in total. The first-order valence-corrected chi connectivity index (χ1v) is 7.46. The molecule has 0 spiro atoms. The molecule has 3 heteroatoms. The summed E-state index contributed by atoms with van der Waals surface area (Å²) in [6.07, 6.45) is 0.821. The number of hydrogen-bond donors (Lipinski definition) is 1. The Morgan fingerprint density at radius 1 is 1.19 bits per heavy atom. The van der Waals surface area contributed by atoms with Crippen LogP contribution in [-0.4, -0.2) is 11.9 Å². The number of rotatable bonds is 4. The van der Waals surface area contributed by atoms with Crippen LogP contribution in [0, 0.1) is 6.92 Å². The zero-order chi connectivity index (χ0) is 15.4. The number of benzene rings is 2. The topological polar surface area (TPSA) is 29.1 Å². The molecule has 2 aromatic carbocycles. The maximum atomic E-state index is 11.0. The molecule has 0 aliphatic carbocycles. The molecule has 2 nitrogen and oxygen atoms in total. The third-order valence-electron chi connectivity index (χ3n) is 3.38. The van der Waals surface area contributed by atoms with E-state index in [0.29, 0.717) is 0 Å². The van der Waals surface area contributed by atoms with Gasteiger partial charge in [0, 0.05) is 23.6 Å². The van der Waals surface area contributed by atoms with E-state index in [2.05, 4.69) is 35.6 Å². The summed E-state index contributed by atoms with van der Waals surface area (Å²) >= 11 is 6.30. The Bertz CT molecular complexity index is 634. The minimum Gasteiger partial charge on any atom is -0.354 e. The van der Waals surface area contributed by atoms with Gasteiger partial charge >= 0.3 is 0 Å². The molecule has 0 radical (unpaired) electrons. The average molecular weight is 302 g/mol. The van der Waals surface area contributed by atoms with Crippen LogP contribution in [0.3, 0.4) is 0 Å². The molecular weight excluding hydrogens is 282 g/mol. The zero-order valence-corrected chi connectivity index (χ0v) is 13.4. The van der Waals surface area contributed by atoms with Crippen molar-refractivity contribution in [1.82, 2.24) is 5.32 Å². The second kappa shape index (κ2) is 6.77. The number of amides is 1. The van der Waals surface area contributed by atoms with E-state index in [4.69, 9.17) is 11.6 Å². The normalized spacial score (nSPS) is 12.0. The van der Waals surface area contributed by atoms with Crippen molar-refractivity contribution < 1.29 is 4.79 Å². The summed E-state index contributed by atoms with van der Waals surface area (Å²) in [6, 6.07) is 14.5. The predicted molar refractivity (Wildman–Crippen MR) is 88.6 cm³/mol. The SMILES string of the molecule is CC(=O)NC(C)Cc1ccc(-c2ccc(C)cc2Cl)cc1. The summed E-state index contributed by atoms with van der Waals surface area (Å²) in [6.45, 7) is 5.58. The van der Waals surface area contributed by atoms with E-state index in [1.54, 1.807) is 6.92 Å². The highest BCUT2D eigenvalue weighted by Crippen LogP contribution is 2.28. The molecule has 21 heavy (non-hydrogen) atoms. The van der Waals surface area contributed by atoms with Crippen molar-refractivity contribution in [2.75, 3.05) is 0 Å². The quantitative estimate of drug-likeness (QED) is 0.892. The maximum Gasteiger partial charge on any atom is 0.217 e. The standard InChI is InChI=1S/C18H20ClNO/c1-12-4-9-17(18(19)10-12)16-7-5-15(6-8-16)11-13(2)20-14(3)21/h4-10,13H,11H2,1-3H3,(H,20,21). The van der Waals surface area contributed by atoms with Crippen LogP contribution in [-0.2, 0) is 11.2 Å². The van der Waals surface area contributed by atoms with E-state index in [1.807, 2.05) is 26.0 Å². The molecule has 0 heterocycles. The van der Waals surface area contributed by atoms with Crippen LogP contribution in [0.15, 0.2) is 42.5 Å². The fraction of sp³-hybridized carbons (Fsp3) is 0.278. The lowest BCUT2D eigenvalue weighted by Gasteiger charge is -2.13. The molecule has 2 aromatic rings. The summed E-state index contributed by atoms with van der Waals surface area (Å²) in [7, 11) is 0. The summed E-state index contributed by atoms with van der Waals surface area (Å²) in [5.74, 6) is 0.00515. The Morgan fingerprint density at radius 3 is 2.43 bits per heavy atom. The van der Waals surface area contributed by atoms with Gasteiger partial charge in [-0.3, -0.25) is 4.79 Å². The monoisotopic (exact) mass is 301 g/mol. The molecule has 0 aromatic heterocycles. The smallest absolute Gasteiger partial charge is 0.217 e. The highest BCUT2D eigenvalue weighted by Gasteiger charge is 2.07. The third kappa shape index (κ3) is 4.33. The van der Waals surface area contributed by atoms with E-state index in [0.717, 1.165) is 28.1 Å². The predicted octanol–water partition coefficient (Wildman–Crippen LogP) is 4.38. The average Bonchev–Trinajstić information content (AvgIpc) is 2.39. The van der Waals surface area contributed by atoms with Gasteiger partial charge in [0.1, 0.15) is 0 Å². The minimum absolute atomic E-state index is 0.00515. The zero-order valence-electron chi connectivity index (χ0n) is 12.6. The third-order valence-corrected chi connectivity index (χ3v) is 3.69. The van der Waals surface area contributed by atoms with Gasteiger partial charge in [0.25, 0.3) is 0 Å². The van der Waals surface area contributed by atoms with Gasteiger partial charge in [-0.25, -0.2) is 0 Å². The number of carbonyl (C=O) groups is 1. The summed E-state index contributed by atoms with van der Waals surface area (Å²) < 4.78 is 0. The van der Waals surface area contributed by atoms with E-state index in [9.17, 15) is 4.79 Å². The van der Waals surface area contributed by atoms with E-state index >= 15 is 0 Å². The first kappa shape index (κ1) is 15.6. The van der Waals surface area contributed by atoms with Crippen LogP contribution in [0.4, 0.5) is 0 Å². The number of hydrogen-bond acceptors (Lipinski definition) is 1. The minimum atomic E-state index is 0.00515. The molecule has 1 amide bonds. The fourth-order valence-electron chi connectivity index (χ4n) is 2.43. The van der Waals surface area contributed by atoms with E-state index in [1.165, 1.54) is 5.56 Å². The first-order valence-electron chi connectivity index (χ1n) is 7.08. The van der Waals surface area contributed by atoms with Gasteiger partial charge in [-0.15, -0.1) is 0 Å². The van der Waals surface area contributed by atoms with Gasteiger partial charge in [-0.2, -0.15) is 0 Å². The van der Waals surface area contributed by atoms with Crippen LogP contribution in [0.5, 0.6) is 0 Å². The van der Waals surface area contributed by atoms with Crippen molar-refractivity contribution in [3.63, 3.8) is 0 Å². The molecule has 0 saturated carbocycles. The van der Waals surface area contributed by atoms with Crippen molar-refractivity contribution in [2.24, 2.45) is 0 Å². The Hall–Kier alpha value is -1.80. The lowest BCUT2D eigenvalue weighted by atomic mass is 10.0. The number of carbonyl (C=O) groups excluding carboxylic acids is 1. The van der Waals surface area contributed by atoms with Crippen LogP contribution in [0.2, 0.25) is 5.02 Å². The van der Waals surface area contributed by atoms with Crippen LogP contribution >= 0.6 is 11.6 Å². The van der Waals surface area contributed by atoms with Crippen LogP contribution < -0.4 is 5.32 Å². The van der Waals surface area contributed by atoms with Gasteiger partial charge in [-0.1, -0.05) is 48.0 Å². The molecule has 0 aliphatic heterocycles. The molecule has 2 rings (SSSR count). The number of halogens is 1. The molecule has 1 atom stereocenters. The highest BCUT2D eigenvalue weighted by atomic mass is 35.5. The molecule has 0 fully saturated rings. The second-order valence-electron chi connectivity index (χ2n) is 5.49. The first-order chi connectivity index (χ1) is 9.95. The van der Waals surface area contributed by atoms with Gasteiger partial charge < -0.3 is 5.32 Å². The molecule has 110 valence electrons. The maximum absolute atomic E-state index is 11.0. The lowest BCUT2D eigenvalue weighted by molar-refractivity contribution is -0.119. The van der Waals surface area contributed by atoms with Gasteiger partial charge in [0.15, 0.2) is 0 Å². The second-order valence-corrected chi connectivity index (χ2v) is 5.89. The van der Waals surface area contributed by atoms with Crippen molar-refractivity contribution in [2.45, 2.75) is 33.2 Å². The van der Waals surface area contributed by atoms with Gasteiger partial charge in [0.05, 0.1) is 0 Å². The van der Waals surface area contributed by atoms with Crippen molar-refractivity contribution in [3.8, 4) is 11.1 Å². The van der Waals surface area contributed by atoms with E-state index in [-0.39, 0.29) is 11.9 Å². The Balaban J connectivity index is 2.13. The van der Waals surface area contributed by atoms with Crippen LogP contribution in [0.25, 0.3) is 11.1 Å². The Labute approximate surface area is 131 Å². The molecule has 0 aliphatic rings. The molecule has 0 bridgehead atoms. The molecule has 1 unspecified atom stereocenters. The summed E-state index contributed by atoms with van der Waals surface area (Å²) in [5.41, 5.74) is 4.51. The van der Waals surface area contributed by atoms with Crippen molar-refractivity contribution in [1.29, 1.82) is 0 Å². The van der Waals surface area contributed by atoms with Crippen LogP contribution in [0.1, 0.15) is 25.0 Å². The van der Waals surface area contributed by atoms with Gasteiger partial charge in [0.2, 0.25) is 5.91 Å². The lowest BCUT2D eigenvalue weighted by Crippen LogP contribution is -2.31. The largest absolute Gasteiger partial charge is 0.354 e. The summed E-state index contributed by atoms with van der Waals surface area (Å²) in [5, 5.41) is 3.67. The number of aryl methyl sites for hydroxylation is 1. The molecular formula is C18H20ClNO. The fourth-order valence-corrected chi connectivity index (χ4v) is 2.77. The number of nitrogens with one attached hydrogen (secondary N) is 1.